The number of nitrogens with zero attached hydrogens (tertiary/aromatic N) is 1. The van der Waals surface area contributed by atoms with Gasteiger partial charge in [-0.15, -0.1) is 0 Å². The third kappa shape index (κ3) is 9.55. The molecule has 0 fully saturated rings. The number of aliphatic hydroxyl groups is 1. The van der Waals surface area contributed by atoms with E-state index in [1.54, 1.807) is 27.0 Å². The summed E-state index contributed by atoms with van der Waals surface area (Å²) in [5, 5.41) is 22.9. The van der Waals surface area contributed by atoms with E-state index in [1.807, 2.05) is 13.0 Å². The third-order valence-electron chi connectivity index (χ3n) is 6.49. The van der Waals surface area contributed by atoms with Crippen molar-refractivity contribution in [3.63, 3.8) is 0 Å². The van der Waals surface area contributed by atoms with E-state index in [4.69, 9.17) is 20.2 Å². The predicted molar refractivity (Wildman–Crippen MR) is 148 cm³/mol. The average molecular weight is 548 g/mol. The van der Waals surface area contributed by atoms with Gasteiger partial charge in [0, 0.05) is 55.6 Å². The van der Waals surface area contributed by atoms with E-state index in [9.17, 15) is 14.7 Å². The van der Waals surface area contributed by atoms with Crippen molar-refractivity contribution in [2.24, 2.45) is 11.1 Å². The highest BCUT2D eigenvalue weighted by Gasteiger charge is 2.30. The van der Waals surface area contributed by atoms with Gasteiger partial charge in [-0.1, -0.05) is 6.92 Å². The second-order valence-corrected chi connectivity index (χ2v) is 11.4. The fourth-order valence-corrected chi connectivity index (χ4v) is 4.38. The molecule has 0 bridgehead atoms. The number of aromatic amines is 1. The van der Waals surface area contributed by atoms with Crippen molar-refractivity contribution in [1.82, 2.24) is 31.2 Å². The Morgan fingerprint density at radius 1 is 1.13 bits per heavy atom. The number of hydrogen-bond donors (Lipinski definition) is 7. The van der Waals surface area contributed by atoms with E-state index >= 15 is 0 Å². The minimum Gasteiger partial charge on any atom is -0.444 e. The van der Waals surface area contributed by atoms with Crippen LogP contribution in [0, 0.1) is 5.41 Å². The van der Waals surface area contributed by atoms with Crippen molar-refractivity contribution in [1.29, 1.82) is 0 Å². The molecule has 1 aromatic heterocycles. The second kappa shape index (κ2) is 13.8. The zero-order valence-electron chi connectivity index (χ0n) is 23.6. The third-order valence-corrected chi connectivity index (χ3v) is 6.49. The van der Waals surface area contributed by atoms with Crippen molar-refractivity contribution in [3.8, 4) is 0 Å². The number of amides is 2. The number of dihydropyridines is 1. The SMILES string of the molecule is CC(CNC(=O)CCOCCN)(CNC(=O)OC(C)(C)C)CNC1=C(c2nc3c([nH]2)CCCC3)C(O)NC=C1. The second-order valence-electron chi connectivity index (χ2n) is 11.4. The Morgan fingerprint density at radius 2 is 1.87 bits per heavy atom. The Balaban J connectivity index is 1.73. The topological polar surface area (TPSA) is 176 Å². The van der Waals surface area contributed by atoms with Crippen LogP contribution in [0.3, 0.4) is 0 Å². The summed E-state index contributed by atoms with van der Waals surface area (Å²) in [6.07, 6.45) is 6.36. The Kier molecular flexibility index (Phi) is 10.8. The first-order valence-corrected chi connectivity index (χ1v) is 13.7. The number of fused-ring (bicyclic) bond motifs is 1. The first-order chi connectivity index (χ1) is 18.5. The molecule has 8 N–H and O–H groups in total. The minimum absolute atomic E-state index is 0.159. The zero-order chi connectivity index (χ0) is 28.5. The maximum atomic E-state index is 12.4. The molecule has 2 aliphatic rings. The van der Waals surface area contributed by atoms with Crippen LogP contribution in [-0.4, -0.2) is 78.3 Å². The highest BCUT2D eigenvalue weighted by atomic mass is 16.6. The first kappa shape index (κ1) is 30.5. The number of ether oxygens (including phenoxy) is 2. The molecule has 1 aromatic rings. The van der Waals surface area contributed by atoms with E-state index in [1.165, 1.54) is 0 Å². The maximum absolute atomic E-state index is 12.4. The van der Waals surface area contributed by atoms with E-state index in [2.05, 4.69) is 26.3 Å². The van der Waals surface area contributed by atoms with Gasteiger partial charge in [0.15, 0.2) is 6.23 Å². The number of aryl methyl sites for hydroxylation is 2. The number of nitrogens with one attached hydrogen (secondary N) is 5. The number of H-pyrrole nitrogens is 1. The summed E-state index contributed by atoms with van der Waals surface area (Å²) < 4.78 is 10.7. The fraction of sp³-hybridized carbons (Fsp3) is 0.667. The van der Waals surface area contributed by atoms with Crippen LogP contribution in [0.4, 0.5) is 4.79 Å². The van der Waals surface area contributed by atoms with Gasteiger partial charge < -0.3 is 46.6 Å². The molecule has 0 saturated heterocycles. The highest BCUT2D eigenvalue weighted by molar-refractivity contribution is 5.76. The summed E-state index contributed by atoms with van der Waals surface area (Å²) in [4.78, 5) is 33.0. The van der Waals surface area contributed by atoms with Gasteiger partial charge in [-0.25, -0.2) is 9.78 Å². The molecule has 0 aromatic carbocycles. The van der Waals surface area contributed by atoms with Crippen molar-refractivity contribution in [2.75, 3.05) is 39.4 Å². The average Bonchev–Trinajstić information content (AvgIpc) is 3.30. The molecule has 3 rings (SSSR count). The van der Waals surface area contributed by atoms with E-state index < -0.39 is 23.3 Å². The quantitative estimate of drug-likeness (QED) is 0.178. The lowest BCUT2D eigenvalue weighted by Gasteiger charge is -2.32. The Bertz CT molecular complexity index is 1020. The molecule has 12 nitrogen and oxygen atoms in total. The monoisotopic (exact) mass is 547 g/mol. The van der Waals surface area contributed by atoms with Gasteiger partial charge in [-0.2, -0.15) is 0 Å². The maximum Gasteiger partial charge on any atom is 0.407 e. The fourth-order valence-electron chi connectivity index (χ4n) is 4.38. The lowest BCUT2D eigenvalue weighted by atomic mass is 9.89. The molecule has 2 atom stereocenters. The van der Waals surface area contributed by atoms with Crippen molar-refractivity contribution < 1.29 is 24.2 Å². The standard InChI is InChI=1S/C27H45N7O5/c1-26(2,3)39-25(37)32-17-27(4,16-31-21(35)10-13-38-14-11-28)15-30-20-9-12-29-24(36)22(20)23-33-18-7-5-6-8-19(18)34-23/h9,12,24,29-30,36H,5-8,10-11,13-17,28H2,1-4H3,(H,31,35)(H,32,37)(H,33,34). The van der Waals surface area contributed by atoms with Crippen molar-refractivity contribution >= 4 is 17.6 Å². The Labute approximate surface area is 230 Å². The van der Waals surface area contributed by atoms with Gasteiger partial charge in [0.25, 0.3) is 0 Å². The molecule has 0 spiro atoms. The molecule has 1 aliphatic heterocycles. The van der Waals surface area contributed by atoms with E-state index in [0.717, 1.165) is 37.1 Å². The normalized spacial score (nSPS) is 18.6. The molecule has 2 amide bonds. The smallest absolute Gasteiger partial charge is 0.407 e. The van der Waals surface area contributed by atoms with Gasteiger partial charge in [0.05, 0.1) is 24.5 Å². The number of hydrogen-bond acceptors (Lipinski definition) is 9. The molecule has 0 radical (unpaired) electrons. The van der Waals surface area contributed by atoms with Crippen LogP contribution in [0.1, 0.15) is 64.2 Å². The molecule has 0 saturated carbocycles. The Morgan fingerprint density at radius 3 is 2.59 bits per heavy atom. The van der Waals surface area contributed by atoms with Gasteiger partial charge in [0.2, 0.25) is 5.91 Å². The summed E-state index contributed by atoms with van der Waals surface area (Å²) in [5.41, 5.74) is 7.69. The molecule has 2 heterocycles. The number of aliphatic hydroxyl groups excluding tert-OH is 1. The number of imidazole rings is 1. The van der Waals surface area contributed by atoms with Crippen molar-refractivity contribution in [2.45, 2.75) is 71.6 Å². The Hall–Kier alpha value is -3.09. The molecular formula is C27H45N7O5. The van der Waals surface area contributed by atoms with Gasteiger partial charge >= 0.3 is 6.09 Å². The minimum atomic E-state index is -0.940. The number of rotatable bonds is 13. The molecule has 218 valence electrons. The van der Waals surface area contributed by atoms with Crippen LogP contribution < -0.4 is 27.0 Å². The summed E-state index contributed by atoms with van der Waals surface area (Å²) in [7, 11) is 0. The zero-order valence-corrected chi connectivity index (χ0v) is 23.6. The van der Waals surface area contributed by atoms with E-state index in [-0.39, 0.29) is 32.0 Å². The number of carbonyl (C=O) groups is 2. The van der Waals surface area contributed by atoms with Crippen LogP contribution in [-0.2, 0) is 27.1 Å². The molecule has 12 heteroatoms. The van der Waals surface area contributed by atoms with Gasteiger partial charge in [0.1, 0.15) is 11.4 Å². The van der Waals surface area contributed by atoms with Crippen molar-refractivity contribution in [3.05, 3.63) is 35.2 Å². The summed E-state index contributed by atoms with van der Waals surface area (Å²) >= 11 is 0. The van der Waals surface area contributed by atoms with Crippen LogP contribution in [0.5, 0.6) is 0 Å². The predicted octanol–water partition coefficient (Wildman–Crippen LogP) is 1.04. The summed E-state index contributed by atoms with van der Waals surface area (Å²) in [6.45, 7) is 9.35. The molecular weight excluding hydrogens is 502 g/mol. The lowest BCUT2D eigenvalue weighted by Crippen LogP contribution is -2.50. The number of allylic oxidation sites excluding steroid dienone is 1. The van der Waals surface area contributed by atoms with Crippen LogP contribution in [0.25, 0.3) is 5.57 Å². The number of alkyl carbamates (subject to hydrolysis) is 1. The van der Waals surface area contributed by atoms with Crippen LogP contribution >= 0.6 is 0 Å². The van der Waals surface area contributed by atoms with Crippen LogP contribution in [0.15, 0.2) is 18.0 Å². The highest BCUT2D eigenvalue weighted by Crippen LogP contribution is 2.27. The summed E-state index contributed by atoms with van der Waals surface area (Å²) in [5.74, 6) is 0.474. The largest absolute Gasteiger partial charge is 0.444 e. The lowest BCUT2D eigenvalue weighted by molar-refractivity contribution is -0.122. The number of carbonyl (C=O) groups excluding carboxylic acids is 2. The summed E-state index contributed by atoms with van der Waals surface area (Å²) in [6, 6.07) is 0. The van der Waals surface area contributed by atoms with E-state index in [0.29, 0.717) is 36.8 Å². The van der Waals surface area contributed by atoms with Gasteiger partial charge in [-0.05, 0) is 52.5 Å². The first-order valence-electron chi connectivity index (χ1n) is 13.7. The molecule has 2 unspecified atom stereocenters. The molecule has 1 aliphatic carbocycles. The number of aromatic nitrogens is 2. The molecule has 39 heavy (non-hydrogen) atoms. The van der Waals surface area contributed by atoms with Gasteiger partial charge in [-0.3, -0.25) is 4.79 Å². The number of nitrogens with two attached hydrogens (primary N) is 1. The van der Waals surface area contributed by atoms with Crippen LogP contribution in [0.2, 0.25) is 0 Å².